The number of aliphatic hydroxyl groups excluding tert-OH is 1. The van der Waals surface area contributed by atoms with E-state index >= 15 is 0 Å². The van der Waals surface area contributed by atoms with E-state index in [0.29, 0.717) is 13.0 Å². The molecule has 0 spiro atoms. The van der Waals surface area contributed by atoms with Crippen molar-refractivity contribution >= 4 is 5.91 Å². The zero-order valence-electron chi connectivity index (χ0n) is 11.6. The molecule has 0 aliphatic carbocycles. The number of rotatable bonds is 4. The molecule has 6 nitrogen and oxygen atoms in total. The number of aliphatic hydroxyl groups is 1. The van der Waals surface area contributed by atoms with Gasteiger partial charge in [0, 0.05) is 44.0 Å². The van der Waals surface area contributed by atoms with Gasteiger partial charge in [0.05, 0.1) is 18.7 Å². The molecule has 1 fully saturated rings. The molecular weight excluding hydrogens is 244 g/mol. The molecule has 6 heteroatoms. The Kier molecular flexibility index (Phi) is 4.55. The molecule has 1 aliphatic heterocycles. The van der Waals surface area contributed by atoms with E-state index < -0.39 is 0 Å². The molecule has 0 bridgehead atoms. The minimum absolute atomic E-state index is 0.163. The van der Waals surface area contributed by atoms with E-state index in [1.54, 1.807) is 0 Å². The lowest BCUT2D eigenvalue weighted by atomic mass is 10.1. The van der Waals surface area contributed by atoms with Crippen molar-refractivity contribution in [3.05, 3.63) is 17.0 Å². The fourth-order valence-corrected chi connectivity index (χ4v) is 2.46. The first-order chi connectivity index (χ1) is 9.11. The fraction of sp³-hybridized carbons (Fsp3) is 0.692. The second-order valence-electron chi connectivity index (χ2n) is 5.04. The predicted octanol–water partition coefficient (Wildman–Crippen LogP) is -0.294. The van der Waals surface area contributed by atoms with Crippen molar-refractivity contribution in [2.45, 2.75) is 20.3 Å². The average Bonchev–Trinajstić information content (AvgIpc) is 2.72. The summed E-state index contributed by atoms with van der Waals surface area (Å²) < 4.78 is 0. The first kappa shape index (κ1) is 14.0. The highest BCUT2D eigenvalue weighted by molar-refractivity contribution is 5.79. The van der Waals surface area contributed by atoms with Crippen LogP contribution in [0.15, 0.2) is 0 Å². The molecule has 1 amide bonds. The molecule has 0 atom stereocenters. The summed E-state index contributed by atoms with van der Waals surface area (Å²) in [5.74, 6) is 0.163. The van der Waals surface area contributed by atoms with Crippen molar-refractivity contribution < 1.29 is 9.90 Å². The number of piperazine rings is 1. The van der Waals surface area contributed by atoms with Crippen molar-refractivity contribution in [1.82, 2.24) is 20.0 Å². The molecule has 106 valence electrons. The van der Waals surface area contributed by atoms with Gasteiger partial charge in [-0.05, 0) is 13.8 Å². The molecule has 1 saturated heterocycles. The molecule has 0 unspecified atom stereocenters. The number of β-amino-alcohol motifs (C(OH)–C–C–N with tert-alkyl or cyclic N) is 1. The monoisotopic (exact) mass is 266 g/mol. The molecule has 2 N–H and O–H groups in total. The topological polar surface area (TPSA) is 72.5 Å². The molecule has 1 aromatic heterocycles. The van der Waals surface area contributed by atoms with E-state index in [2.05, 4.69) is 15.1 Å². The van der Waals surface area contributed by atoms with Crippen LogP contribution in [0.3, 0.4) is 0 Å². The number of amides is 1. The fourth-order valence-electron chi connectivity index (χ4n) is 2.46. The van der Waals surface area contributed by atoms with Crippen LogP contribution in [-0.4, -0.2) is 70.3 Å². The van der Waals surface area contributed by atoms with Gasteiger partial charge in [-0.2, -0.15) is 5.10 Å². The maximum absolute atomic E-state index is 12.3. The van der Waals surface area contributed by atoms with E-state index in [0.717, 1.165) is 43.1 Å². The number of hydrogen-bond donors (Lipinski definition) is 2. The van der Waals surface area contributed by atoms with E-state index in [-0.39, 0.29) is 12.5 Å². The summed E-state index contributed by atoms with van der Waals surface area (Å²) in [4.78, 5) is 16.3. The summed E-state index contributed by atoms with van der Waals surface area (Å²) in [6.45, 7) is 7.92. The molecule has 2 rings (SSSR count). The van der Waals surface area contributed by atoms with Crippen LogP contribution in [0.1, 0.15) is 17.0 Å². The minimum Gasteiger partial charge on any atom is -0.395 e. The zero-order chi connectivity index (χ0) is 13.8. The third-order valence-corrected chi connectivity index (χ3v) is 3.75. The van der Waals surface area contributed by atoms with E-state index in [1.165, 1.54) is 0 Å². The van der Waals surface area contributed by atoms with Crippen LogP contribution >= 0.6 is 0 Å². The van der Waals surface area contributed by atoms with Gasteiger partial charge in [-0.15, -0.1) is 0 Å². The molecule has 1 aliphatic rings. The SMILES string of the molecule is Cc1n[nH]c(C)c1CC(=O)N1CCN(CCO)CC1. The van der Waals surface area contributed by atoms with Crippen LogP contribution < -0.4 is 0 Å². The average molecular weight is 266 g/mol. The lowest BCUT2D eigenvalue weighted by molar-refractivity contribution is -0.132. The van der Waals surface area contributed by atoms with Crippen LogP contribution in [0.5, 0.6) is 0 Å². The van der Waals surface area contributed by atoms with Crippen molar-refractivity contribution in [3.8, 4) is 0 Å². The molecule has 2 heterocycles. The van der Waals surface area contributed by atoms with Gasteiger partial charge in [0.2, 0.25) is 5.91 Å². The third-order valence-electron chi connectivity index (χ3n) is 3.75. The van der Waals surface area contributed by atoms with E-state index in [4.69, 9.17) is 5.11 Å². The van der Waals surface area contributed by atoms with Gasteiger partial charge in [-0.25, -0.2) is 0 Å². The first-order valence-electron chi connectivity index (χ1n) is 6.73. The summed E-state index contributed by atoms with van der Waals surface area (Å²) in [7, 11) is 0. The summed E-state index contributed by atoms with van der Waals surface area (Å²) in [5.41, 5.74) is 2.90. The molecular formula is C13H22N4O2. The number of nitrogens with zero attached hydrogens (tertiary/aromatic N) is 3. The maximum Gasteiger partial charge on any atom is 0.227 e. The molecule has 19 heavy (non-hydrogen) atoms. The highest BCUT2D eigenvalue weighted by Crippen LogP contribution is 2.12. The Morgan fingerprint density at radius 2 is 2.00 bits per heavy atom. The second kappa shape index (κ2) is 6.16. The van der Waals surface area contributed by atoms with Crippen LogP contribution in [0.2, 0.25) is 0 Å². The number of aromatic nitrogens is 2. The number of aryl methyl sites for hydroxylation is 2. The lowest BCUT2D eigenvalue weighted by Crippen LogP contribution is -2.49. The standard InChI is InChI=1S/C13H22N4O2/c1-10-12(11(2)15-14-10)9-13(19)17-5-3-16(4-6-17)7-8-18/h18H,3-9H2,1-2H3,(H,14,15). The van der Waals surface area contributed by atoms with Crippen LogP contribution in [0, 0.1) is 13.8 Å². The quantitative estimate of drug-likeness (QED) is 0.785. The van der Waals surface area contributed by atoms with E-state index in [9.17, 15) is 4.79 Å². The lowest BCUT2D eigenvalue weighted by Gasteiger charge is -2.34. The number of carbonyl (C=O) groups is 1. The third kappa shape index (κ3) is 3.33. The maximum atomic E-state index is 12.3. The number of aromatic amines is 1. The number of H-pyrrole nitrogens is 1. The number of nitrogens with one attached hydrogen (secondary N) is 1. The smallest absolute Gasteiger partial charge is 0.227 e. The highest BCUT2D eigenvalue weighted by atomic mass is 16.3. The largest absolute Gasteiger partial charge is 0.395 e. The second-order valence-corrected chi connectivity index (χ2v) is 5.04. The Labute approximate surface area is 113 Å². The van der Waals surface area contributed by atoms with Gasteiger partial charge in [-0.1, -0.05) is 0 Å². The Bertz CT molecular complexity index is 416. The van der Waals surface area contributed by atoms with Crippen LogP contribution in [0.25, 0.3) is 0 Å². The van der Waals surface area contributed by atoms with Crippen molar-refractivity contribution in [1.29, 1.82) is 0 Å². The van der Waals surface area contributed by atoms with Crippen LogP contribution in [-0.2, 0) is 11.2 Å². The number of carbonyl (C=O) groups excluding carboxylic acids is 1. The summed E-state index contributed by atoms with van der Waals surface area (Å²) >= 11 is 0. The van der Waals surface area contributed by atoms with Gasteiger partial charge in [-0.3, -0.25) is 14.8 Å². The highest BCUT2D eigenvalue weighted by Gasteiger charge is 2.22. The Morgan fingerprint density at radius 3 is 2.53 bits per heavy atom. The Morgan fingerprint density at radius 1 is 1.32 bits per heavy atom. The van der Waals surface area contributed by atoms with Crippen LogP contribution in [0.4, 0.5) is 0 Å². The van der Waals surface area contributed by atoms with Crippen molar-refractivity contribution in [2.24, 2.45) is 0 Å². The Hall–Kier alpha value is -1.40. The van der Waals surface area contributed by atoms with Crippen molar-refractivity contribution in [2.75, 3.05) is 39.3 Å². The predicted molar refractivity (Wildman–Crippen MR) is 71.9 cm³/mol. The normalized spacial score (nSPS) is 16.9. The van der Waals surface area contributed by atoms with Crippen molar-refractivity contribution in [3.63, 3.8) is 0 Å². The number of hydrogen-bond acceptors (Lipinski definition) is 4. The Balaban J connectivity index is 1.88. The van der Waals surface area contributed by atoms with E-state index in [1.807, 2.05) is 18.7 Å². The van der Waals surface area contributed by atoms with Gasteiger partial charge in [0.1, 0.15) is 0 Å². The van der Waals surface area contributed by atoms with Gasteiger partial charge in [0.15, 0.2) is 0 Å². The molecule has 1 aromatic rings. The van der Waals surface area contributed by atoms with Gasteiger partial charge >= 0.3 is 0 Å². The summed E-state index contributed by atoms with van der Waals surface area (Å²) in [5, 5.41) is 15.9. The summed E-state index contributed by atoms with van der Waals surface area (Å²) in [6.07, 6.45) is 0.425. The minimum atomic E-state index is 0.163. The molecule has 0 aromatic carbocycles. The van der Waals surface area contributed by atoms with Gasteiger partial charge in [0.25, 0.3) is 0 Å². The molecule has 0 radical (unpaired) electrons. The van der Waals surface area contributed by atoms with Gasteiger partial charge < -0.3 is 10.0 Å². The molecule has 0 saturated carbocycles. The first-order valence-corrected chi connectivity index (χ1v) is 6.73. The zero-order valence-corrected chi connectivity index (χ0v) is 11.6. The summed E-state index contributed by atoms with van der Waals surface area (Å²) in [6, 6.07) is 0.